The molecule has 1 aliphatic heterocycles. The third-order valence-electron chi connectivity index (χ3n) is 3.34. The summed E-state index contributed by atoms with van der Waals surface area (Å²) in [6, 6.07) is 0.749. The maximum Gasteiger partial charge on any atom is 0.0184 e. The molecule has 0 saturated carbocycles. The van der Waals surface area contributed by atoms with Crippen LogP contribution in [0.4, 0.5) is 0 Å². The number of likely N-dealkylation sites (N-methyl/N-ethyl adjacent to an activating group) is 1. The summed E-state index contributed by atoms with van der Waals surface area (Å²) < 4.78 is 0. The maximum atomic E-state index is 3.71. The van der Waals surface area contributed by atoms with Crippen LogP contribution in [0.25, 0.3) is 0 Å². The van der Waals surface area contributed by atoms with E-state index in [1.54, 1.807) is 0 Å². The van der Waals surface area contributed by atoms with E-state index in [4.69, 9.17) is 0 Å². The predicted octanol–water partition coefficient (Wildman–Crippen LogP) is 2.20. The second-order valence-corrected chi connectivity index (χ2v) is 5.79. The van der Waals surface area contributed by atoms with Crippen LogP contribution in [0.1, 0.15) is 33.6 Å². The molecule has 2 nitrogen and oxygen atoms in total. The molecule has 3 heteroatoms. The largest absolute Gasteiger partial charge is 0.312 e. The molecule has 15 heavy (non-hydrogen) atoms. The lowest BCUT2D eigenvalue weighted by Gasteiger charge is -2.30. The fourth-order valence-electron chi connectivity index (χ4n) is 2.14. The van der Waals surface area contributed by atoms with Crippen molar-refractivity contribution in [2.45, 2.75) is 44.9 Å². The molecule has 1 N–H and O–H groups in total. The molecule has 2 atom stereocenters. The minimum atomic E-state index is 0.749. The molecule has 0 aromatic carbocycles. The molecule has 1 aliphatic rings. The Kier molecular flexibility index (Phi) is 6.69. The number of nitrogens with one attached hydrogen (secondary N) is 1. The van der Waals surface area contributed by atoms with E-state index in [1.165, 1.54) is 38.2 Å². The zero-order valence-electron chi connectivity index (χ0n) is 10.5. The van der Waals surface area contributed by atoms with Gasteiger partial charge >= 0.3 is 0 Å². The van der Waals surface area contributed by atoms with Crippen molar-refractivity contribution >= 4 is 11.8 Å². The first-order valence-electron chi connectivity index (χ1n) is 6.35. The molecular weight excluding hydrogens is 204 g/mol. The van der Waals surface area contributed by atoms with Crippen LogP contribution < -0.4 is 5.32 Å². The number of nitrogens with zero attached hydrogens (tertiary/aromatic N) is 1. The molecule has 1 fully saturated rings. The molecule has 2 unspecified atom stereocenters. The fraction of sp³-hybridized carbons (Fsp3) is 1.00. The highest BCUT2D eigenvalue weighted by Gasteiger charge is 2.20. The van der Waals surface area contributed by atoms with Crippen molar-refractivity contribution in [3.8, 4) is 0 Å². The molecule has 0 radical (unpaired) electrons. The highest BCUT2D eigenvalue weighted by atomic mass is 32.2. The zero-order chi connectivity index (χ0) is 11.1. The van der Waals surface area contributed by atoms with Gasteiger partial charge in [0.05, 0.1) is 0 Å². The van der Waals surface area contributed by atoms with Crippen LogP contribution >= 0.6 is 11.8 Å². The number of hydrogen-bond donors (Lipinski definition) is 1. The van der Waals surface area contributed by atoms with Gasteiger partial charge in [0.25, 0.3) is 0 Å². The summed E-state index contributed by atoms with van der Waals surface area (Å²) >= 11 is 2.12. The first-order chi connectivity index (χ1) is 7.27. The Morgan fingerprint density at radius 1 is 1.33 bits per heavy atom. The molecule has 1 heterocycles. The van der Waals surface area contributed by atoms with Gasteiger partial charge in [-0.3, -0.25) is 0 Å². The molecule has 0 aromatic heterocycles. The van der Waals surface area contributed by atoms with E-state index >= 15 is 0 Å². The molecular formula is C12H26N2S. The standard InChI is InChI=1S/C12H26N2S/c1-4-14(5-2)9-8-13-12-7-6-10-15-11(12)3/h11-13H,4-10H2,1-3H3. The lowest BCUT2D eigenvalue weighted by atomic mass is 10.1. The Balaban J connectivity index is 2.12. The summed E-state index contributed by atoms with van der Waals surface area (Å²) in [6.07, 6.45) is 2.75. The van der Waals surface area contributed by atoms with Crippen molar-refractivity contribution in [2.24, 2.45) is 0 Å². The summed E-state index contributed by atoms with van der Waals surface area (Å²) in [7, 11) is 0. The van der Waals surface area contributed by atoms with Crippen molar-refractivity contribution in [1.29, 1.82) is 0 Å². The van der Waals surface area contributed by atoms with Crippen molar-refractivity contribution in [3.05, 3.63) is 0 Å². The van der Waals surface area contributed by atoms with Gasteiger partial charge in [0.15, 0.2) is 0 Å². The summed E-state index contributed by atoms with van der Waals surface area (Å²) in [5.74, 6) is 1.36. The van der Waals surface area contributed by atoms with Crippen molar-refractivity contribution in [3.63, 3.8) is 0 Å². The Bertz CT molecular complexity index is 160. The first kappa shape index (κ1) is 13.3. The second kappa shape index (κ2) is 7.53. The molecule has 0 aliphatic carbocycles. The smallest absolute Gasteiger partial charge is 0.0184 e. The molecule has 0 amide bonds. The molecule has 1 rings (SSSR count). The van der Waals surface area contributed by atoms with Gasteiger partial charge in [-0.25, -0.2) is 0 Å². The summed E-state index contributed by atoms with van der Waals surface area (Å²) in [6.45, 7) is 11.5. The lowest BCUT2D eigenvalue weighted by Crippen LogP contribution is -2.43. The fourth-order valence-corrected chi connectivity index (χ4v) is 3.31. The normalized spacial score (nSPS) is 27.2. The third kappa shape index (κ3) is 4.75. The molecule has 90 valence electrons. The van der Waals surface area contributed by atoms with Gasteiger partial charge in [0, 0.05) is 24.4 Å². The van der Waals surface area contributed by atoms with Crippen LogP contribution in [0.3, 0.4) is 0 Å². The van der Waals surface area contributed by atoms with Gasteiger partial charge in [0.2, 0.25) is 0 Å². The van der Waals surface area contributed by atoms with Gasteiger partial charge in [-0.15, -0.1) is 0 Å². The minimum Gasteiger partial charge on any atom is -0.312 e. The second-order valence-electron chi connectivity index (χ2n) is 4.31. The Morgan fingerprint density at radius 3 is 2.67 bits per heavy atom. The third-order valence-corrected chi connectivity index (χ3v) is 4.71. The SMILES string of the molecule is CCN(CC)CCNC1CCCSC1C. The van der Waals surface area contributed by atoms with Crippen LogP contribution in [-0.2, 0) is 0 Å². The highest BCUT2D eigenvalue weighted by molar-refractivity contribution is 7.99. The van der Waals surface area contributed by atoms with Crippen molar-refractivity contribution in [2.75, 3.05) is 31.9 Å². The van der Waals surface area contributed by atoms with Gasteiger partial charge in [-0.05, 0) is 31.7 Å². The first-order valence-corrected chi connectivity index (χ1v) is 7.40. The van der Waals surface area contributed by atoms with E-state index in [2.05, 4.69) is 42.7 Å². The summed E-state index contributed by atoms with van der Waals surface area (Å²) in [4.78, 5) is 2.48. The molecule has 1 saturated heterocycles. The van der Waals surface area contributed by atoms with E-state index in [0.717, 1.165) is 17.8 Å². The van der Waals surface area contributed by atoms with Crippen LogP contribution in [0.15, 0.2) is 0 Å². The average molecular weight is 230 g/mol. The van der Waals surface area contributed by atoms with E-state index in [-0.39, 0.29) is 0 Å². The number of thioether (sulfide) groups is 1. The van der Waals surface area contributed by atoms with Crippen LogP contribution in [0.5, 0.6) is 0 Å². The van der Waals surface area contributed by atoms with Crippen molar-refractivity contribution < 1.29 is 0 Å². The van der Waals surface area contributed by atoms with E-state index in [1.807, 2.05) is 0 Å². The Morgan fingerprint density at radius 2 is 2.07 bits per heavy atom. The van der Waals surface area contributed by atoms with Crippen LogP contribution in [0.2, 0.25) is 0 Å². The van der Waals surface area contributed by atoms with E-state index < -0.39 is 0 Å². The van der Waals surface area contributed by atoms with Crippen molar-refractivity contribution in [1.82, 2.24) is 10.2 Å². The van der Waals surface area contributed by atoms with Crippen LogP contribution in [-0.4, -0.2) is 48.1 Å². The number of hydrogen-bond acceptors (Lipinski definition) is 3. The van der Waals surface area contributed by atoms with Crippen LogP contribution in [0, 0.1) is 0 Å². The molecule has 0 aromatic rings. The topological polar surface area (TPSA) is 15.3 Å². The van der Waals surface area contributed by atoms with E-state index in [0.29, 0.717) is 0 Å². The maximum absolute atomic E-state index is 3.71. The average Bonchev–Trinajstić information content (AvgIpc) is 2.27. The van der Waals surface area contributed by atoms with E-state index in [9.17, 15) is 0 Å². The quantitative estimate of drug-likeness (QED) is 0.753. The summed E-state index contributed by atoms with van der Waals surface area (Å²) in [5.41, 5.74) is 0. The predicted molar refractivity (Wildman–Crippen MR) is 70.7 cm³/mol. The highest BCUT2D eigenvalue weighted by Crippen LogP contribution is 2.24. The molecule has 0 spiro atoms. The van der Waals surface area contributed by atoms with Gasteiger partial charge in [0.1, 0.15) is 0 Å². The molecule has 0 bridgehead atoms. The van der Waals surface area contributed by atoms with Gasteiger partial charge in [-0.1, -0.05) is 20.8 Å². The van der Waals surface area contributed by atoms with Gasteiger partial charge in [-0.2, -0.15) is 11.8 Å². The lowest BCUT2D eigenvalue weighted by molar-refractivity contribution is 0.293. The Hall–Kier alpha value is 0.270. The zero-order valence-corrected chi connectivity index (χ0v) is 11.3. The number of rotatable bonds is 6. The minimum absolute atomic E-state index is 0.749. The Labute approximate surface area is 99.2 Å². The van der Waals surface area contributed by atoms with Gasteiger partial charge < -0.3 is 10.2 Å². The monoisotopic (exact) mass is 230 g/mol. The summed E-state index contributed by atoms with van der Waals surface area (Å²) in [5, 5.41) is 4.51.